The highest BCUT2D eigenvalue weighted by atomic mass is 79.9. The number of alkyl halides is 3. The predicted octanol–water partition coefficient (Wildman–Crippen LogP) is 6.11. The third-order valence-electron chi connectivity index (χ3n) is 6.18. The van der Waals surface area contributed by atoms with Crippen molar-refractivity contribution < 1.29 is 17.9 Å². The van der Waals surface area contributed by atoms with Crippen molar-refractivity contribution in [3.05, 3.63) is 40.9 Å². The first-order valence-corrected chi connectivity index (χ1v) is 12.0. The molecule has 4 rings (SSSR count). The van der Waals surface area contributed by atoms with Crippen molar-refractivity contribution in [3.63, 3.8) is 0 Å². The lowest BCUT2D eigenvalue weighted by atomic mass is 9.96. The number of aromatic nitrogens is 1. The van der Waals surface area contributed by atoms with E-state index in [9.17, 15) is 13.2 Å². The largest absolute Gasteiger partial charge is 0.493 e. The molecule has 1 saturated heterocycles. The molecular weight excluding hydrogens is 483 g/mol. The Morgan fingerprint density at radius 1 is 1.12 bits per heavy atom. The fraction of sp³-hybridized carbons (Fsp3) is 0.500. The maximum atomic E-state index is 12.4. The predicted molar refractivity (Wildman–Crippen MR) is 126 cm³/mol. The molecule has 2 N–H and O–H groups in total. The number of hydrogen-bond donors (Lipinski definition) is 2. The van der Waals surface area contributed by atoms with Gasteiger partial charge in [-0.25, -0.2) is 0 Å². The number of likely N-dealkylation sites (tertiary alicyclic amines) is 1. The number of halogens is 4. The molecule has 1 fully saturated rings. The maximum absolute atomic E-state index is 12.4. The second-order valence-corrected chi connectivity index (χ2v) is 9.38. The lowest BCUT2D eigenvalue weighted by molar-refractivity contribution is -0.138. The molecule has 0 atom stereocenters. The first-order valence-electron chi connectivity index (χ1n) is 11.2. The van der Waals surface area contributed by atoms with E-state index in [1.807, 2.05) is 29.2 Å². The summed E-state index contributed by atoms with van der Waals surface area (Å²) in [6.07, 6.45) is -1.96. The quantitative estimate of drug-likeness (QED) is 0.340. The second kappa shape index (κ2) is 10.4. The van der Waals surface area contributed by atoms with Crippen molar-refractivity contribution in [2.75, 3.05) is 39.3 Å². The van der Waals surface area contributed by atoms with Gasteiger partial charge in [0.15, 0.2) is 0 Å². The third kappa shape index (κ3) is 5.97. The SMILES string of the molecule is FC(F)(F)CCN1CCC(CNCCCOc2ccc(Br)c3[nH]c4ccccc4c23)CC1. The van der Waals surface area contributed by atoms with Gasteiger partial charge in [0.1, 0.15) is 5.75 Å². The summed E-state index contributed by atoms with van der Waals surface area (Å²) in [4.78, 5) is 5.39. The zero-order chi connectivity index (χ0) is 22.6. The summed E-state index contributed by atoms with van der Waals surface area (Å²) < 4.78 is 44.2. The van der Waals surface area contributed by atoms with Crippen LogP contribution in [0.1, 0.15) is 25.7 Å². The molecule has 2 heterocycles. The zero-order valence-corrected chi connectivity index (χ0v) is 19.6. The summed E-state index contributed by atoms with van der Waals surface area (Å²) in [5.74, 6) is 1.42. The molecule has 0 spiro atoms. The van der Waals surface area contributed by atoms with Crippen molar-refractivity contribution in [2.24, 2.45) is 5.92 Å². The lowest BCUT2D eigenvalue weighted by Gasteiger charge is -2.32. The van der Waals surface area contributed by atoms with Crippen molar-refractivity contribution >= 4 is 37.7 Å². The topological polar surface area (TPSA) is 40.3 Å². The number of fused-ring (bicyclic) bond motifs is 3. The molecule has 0 aliphatic carbocycles. The van der Waals surface area contributed by atoms with Crippen LogP contribution >= 0.6 is 15.9 Å². The number of nitrogens with one attached hydrogen (secondary N) is 2. The fourth-order valence-corrected chi connectivity index (χ4v) is 4.83. The van der Waals surface area contributed by atoms with Crippen molar-refractivity contribution in [1.82, 2.24) is 15.2 Å². The lowest BCUT2D eigenvalue weighted by Crippen LogP contribution is -2.39. The molecule has 0 radical (unpaired) electrons. The summed E-state index contributed by atoms with van der Waals surface area (Å²) in [5, 5.41) is 5.74. The molecule has 2 aromatic carbocycles. The van der Waals surface area contributed by atoms with E-state index in [1.165, 1.54) is 0 Å². The molecule has 0 saturated carbocycles. The van der Waals surface area contributed by atoms with Crippen molar-refractivity contribution in [2.45, 2.75) is 31.9 Å². The first kappa shape index (κ1) is 23.4. The van der Waals surface area contributed by atoms with Gasteiger partial charge >= 0.3 is 6.18 Å². The third-order valence-corrected chi connectivity index (χ3v) is 6.84. The van der Waals surface area contributed by atoms with E-state index in [0.717, 1.165) is 77.5 Å². The summed E-state index contributed by atoms with van der Waals surface area (Å²) in [7, 11) is 0. The van der Waals surface area contributed by atoms with E-state index in [4.69, 9.17) is 4.74 Å². The highest BCUT2D eigenvalue weighted by molar-refractivity contribution is 9.10. The molecule has 1 aliphatic rings. The molecular formula is C24H29BrF3N3O. The highest BCUT2D eigenvalue weighted by Gasteiger charge is 2.29. The van der Waals surface area contributed by atoms with Gasteiger partial charge in [0.25, 0.3) is 0 Å². The minimum atomic E-state index is -4.06. The van der Waals surface area contributed by atoms with Crippen LogP contribution in [0, 0.1) is 5.92 Å². The number of hydrogen-bond acceptors (Lipinski definition) is 3. The van der Waals surface area contributed by atoms with Gasteiger partial charge in [0.05, 0.1) is 23.9 Å². The van der Waals surface area contributed by atoms with E-state index >= 15 is 0 Å². The molecule has 1 aromatic heterocycles. The molecule has 4 nitrogen and oxygen atoms in total. The van der Waals surface area contributed by atoms with Gasteiger partial charge in [-0.05, 0) is 85.5 Å². The standard InChI is InChI=1S/C24H29BrF3N3O/c25-19-6-7-21(22-18-4-1-2-5-20(18)30-23(19)22)32-15-3-11-29-16-17-8-12-31(13-9-17)14-10-24(26,27)28/h1-2,4-7,17,29-30H,3,8-16H2. The van der Waals surface area contributed by atoms with Gasteiger partial charge in [0, 0.05) is 21.9 Å². The van der Waals surface area contributed by atoms with Crippen LogP contribution in [0.3, 0.4) is 0 Å². The van der Waals surface area contributed by atoms with Gasteiger partial charge in [-0.15, -0.1) is 0 Å². The van der Waals surface area contributed by atoms with Gasteiger partial charge in [-0.1, -0.05) is 18.2 Å². The Bertz CT molecular complexity index is 1030. The van der Waals surface area contributed by atoms with Crippen LogP contribution in [0.5, 0.6) is 5.75 Å². The van der Waals surface area contributed by atoms with E-state index < -0.39 is 12.6 Å². The smallest absolute Gasteiger partial charge is 0.390 e. The summed E-state index contributed by atoms with van der Waals surface area (Å²) in [6, 6.07) is 12.2. The monoisotopic (exact) mass is 511 g/mol. The maximum Gasteiger partial charge on any atom is 0.390 e. The van der Waals surface area contributed by atoms with Crippen LogP contribution in [-0.2, 0) is 0 Å². The summed E-state index contributed by atoms with van der Waals surface area (Å²) in [5.41, 5.74) is 2.13. The Kier molecular flexibility index (Phi) is 7.63. The van der Waals surface area contributed by atoms with Gasteiger partial charge in [-0.3, -0.25) is 0 Å². The minimum absolute atomic E-state index is 0.126. The second-order valence-electron chi connectivity index (χ2n) is 8.52. The summed E-state index contributed by atoms with van der Waals surface area (Å²) in [6.45, 7) is 4.05. The number of benzene rings is 2. The minimum Gasteiger partial charge on any atom is -0.493 e. The molecule has 3 aromatic rings. The number of piperidine rings is 1. The van der Waals surface area contributed by atoms with Crippen LogP contribution in [0.15, 0.2) is 40.9 Å². The summed E-state index contributed by atoms with van der Waals surface area (Å²) >= 11 is 3.62. The van der Waals surface area contributed by atoms with E-state index in [-0.39, 0.29) is 6.54 Å². The van der Waals surface area contributed by atoms with E-state index in [2.05, 4.69) is 38.4 Å². The molecule has 32 heavy (non-hydrogen) atoms. The van der Waals surface area contributed by atoms with Crippen LogP contribution in [0.2, 0.25) is 0 Å². The van der Waals surface area contributed by atoms with Crippen molar-refractivity contribution in [1.29, 1.82) is 0 Å². The Hall–Kier alpha value is -1.77. The molecule has 174 valence electrons. The first-order chi connectivity index (χ1) is 15.4. The Morgan fingerprint density at radius 2 is 1.91 bits per heavy atom. The van der Waals surface area contributed by atoms with Gasteiger partial charge in [-0.2, -0.15) is 13.2 Å². The van der Waals surface area contributed by atoms with Crippen LogP contribution < -0.4 is 10.1 Å². The van der Waals surface area contributed by atoms with Gasteiger partial charge < -0.3 is 19.9 Å². The number of para-hydroxylation sites is 1. The van der Waals surface area contributed by atoms with E-state index in [0.29, 0.717) is 12.5 Å². The van der Waals surface area contributed by atoms with E-state index in [1.54, 1.807) is 0 Å². The molecule has 0 amide bonds. The highest BCUT2D eigenvalue weighted by Crippen LogP contribution is 2.37. The average Bonchev–Trinajstić information content (AvgIpc) is 3.17. The number of aromatic amines is 1. The van der Waals surface area contributed by atoms with Crippen LogP contribution in [-0.4, -0.2) is 55.4 Å². The Balaban J connectivity index is 1.18. The number of rotatable bonds is 9. The molecule has 0 unspecified atom stereocenters. The molecule has 0 bridgehead atoms. The molecule has 8 heteroatoms. The van der Waals surface area contributed by atoms with Gasteiger partial charge in [0.2, 0.25) is 0 Å². The Labute approximate surface area is 194 Å². The Morgan fingerprint density at radius 3 is 2.69 bits per heavy atom. The number of H-pyrrole nitrogens is 1. The normalized spacial score (nSPS) is 16.2. The molecule has 1 aliphatic heterocycles. The average molecular weight is 512 g/mol. The zero-order valence-electron chi connectivity index (χ0n) is 18.0. The fourth-order valence-electron chi connectivity index (χ4n) is 4.40. The number of ether oxygens (including phenoxy) is 1. The van der Waals surface area contributed by atoms with Crippen LogP contribution in [0.25, 0.3) is 21.8 Å². The van der Waals surface area contributed by atoms with Crippen molar-refractivity contribution in [3.8, 4) is 5.75 Å². The van der Waals surface area contributed by atoms with Crippen LogP contribution in [0.4, 0.5) is 13.2 Å². The number of nitrogens with zero attached hydrogens (tertiary/aromatic N) is 1.